The Kier molecular flexibility index (Phi) is 6.75. The molecule has 7 nitrogen and oxygen atoms in total. The second-order valence-corrected chi connectivity index (χ2v) is 7.72. The fourth-order valence-corrected chi connectivity index (χ4v) is 3.11. The Bertz CT molecular complexity index is 918. The van der Waals surface area contributed by atoms with Gasteiger partial charge in [-0.1, -0.05) is 18.2 Å². The second kappa shape index (κ2) is 8.83. The first-order valence-corrected chi connectivity index (χ1v) is 9.80. The van der Waals surface area contributed by atoms with E-state index in [1.165, 1.54) is 32.4 Å². The molecule has 0 spiro atoms. The maximum absolute atomic E-state index is 13.8. The summed E-state index contributed by atoms with van der Waals surface area (Å²) < 4.78 is 49.0. The first-order chi connectivity index (χ1) is 12.7. The van der Waals surface area contributed by atoms with Gasteiger partial charge in [0, 0.05) is 23.9 Å². The van der Waals surface area contributed by atoms with Crippen LogP contribution in [0.5, 0.6) is 11.5 Å². The largest absolute Gasteiger partial charge is 0.493 e. The summed E-state index contributed by atoms with van der Waals surface area (Å²) in [7, 11) is -0.779. The molecule has 0 fully saturated rings. The Morgan fingerprint density at radius 2 is 1.78 bits per heavy atom. The summed E-state index contributed by atoms with van der Waals surface area (Å²) in [6.07, 6.45) is 0.970. The van der Waals surface area contributed by atoms with Crippen LogP contribution in [-0.2, 0) is 21.4 Å². The van der Waals surface area contributed by atoms with Crippen molar-refractivity contribution in [1.29, 1.82) is 0 Å². The molecule has 27 heavy (non-hydrogen) atoms. The Morgan fingerprint density at radius 1 is 1.11 bits per heavy atom. The van der Waals surface area contributed by atoms with E-state index in [9.17, 15) is 17.6 Å². The summed E-state index contributed by atoms with van der Waals surface area (Å²) in [5.74, 6) is -0.190. The molecule has 0 aliphatic heterocycles. The number of methoxy groups -OCH3 is 2. The van der Waals surface area contributed by atoms with E-state index < -0.39 is 28.3 Å². The Hall–Kier alpha value is -2.65. The molecule has 2 rings (SSSR count). The molecule has 0 aliphatic rings. The van der Waals surface area contributed by atoms with Crippen LogP contribution in [0.15, 0.2) is 42.5 Å². The van der Waals surface area contributed by atoms with Crippen LogP contribution in [-0.4, -0.2) is 45.7 Å². The third kappa shape index (κ3) is 5.66. The highest BCUT2D eigenvalue weighted by Gasteiger charge is 2.22. The zero-order valence-corrected chi connectivity index (χ0v) is 16.0. The maximum atomic E-state index is 13.8. The molecule has 0 bridgehead atoms. The minimum atomic E-state index is -3.73. The minimum absolute atomic E-state index is 0.182. The Balaban J connectivity index is 2.14. The highest BCUT2D eigenvalue weighted by molar-refractivity contribution is 7.88. The highest BCUT2D eigenvalue weighted by atomic mass is 32.2. The van der Waals surface area contributed by atoms with Crippen LogP contribution >= 0.6 is 0 Å². The van der Waals surface area contributed by atoms with E-state index in [1.807, 2.05) is 0 Å². The molecular formula is C18H21FN2O5S. The van der Waals surface area contributed by atoms with E-state index in [0.29, 0.717) is 17.2 Å². The zero-order valence-electron chi connectivity index (χ0n) is 15.2. The second-order valence-electron chi connectivity index (χ2n) is 5.74. The fraction of sp³-hybridized carbons (Fsp3) is 0.278. The Labute approximate surface area is 157 Å². The van der Waals surface area contributed by atoms with E-state index in [2.05, 4.69) is 5.32 Å². The van der Waals surface area contributed by atoms with Crippen LogP contribution in [0.2, 0.25) is 0 Å². The summed E-state index contributed by atoms with van der Waals surface area (Å²) in [5, 5.41) is 2.60. The van der Waals surface area contributed by atoms with Crippen LogP contribution in [0, 0.1) is 5.82 Å². The monoisotopic (exact) mass is 396 g/mol. The standard InChI is InChI=1S/C18H21FN2O5S/c1-25-16-9-8-14(10-17(16)26-2)20-18(22)12-21(27(3,23)24)11-13-6-4-5-7-15(13)19/h4-10H,11-12H2,1-3H3,(H,20,22). The van der Waals surface area contributed by atoms with Crippen LogP contribution in [0.4, 0.5) is 10.1 Å². The number of anilines is 1. The molecule has 1 amide bonds. The quantitative estimate of drug-likeness (QED) is 0.740. The van der Waals surface area contributed by atoms with Crippen molar-refractivity contribution < 1.29 is 27.1 Å². The van der Waals surface area contributed by atoms with Crippen molar-refractivity contribution in [3.63, 3.8) is 0 Å². The van der Waals surface area contributed by atoms with Crippen molar-refractivity contribution in [3.8, 4) is 11.5 Å². The van der Waals surface area contributed by atoms with Gasteiger partial charge in [-0.2, -0.15) is 4.31 Å². The number of hydrogen-bond acceptors (Lipinski definition) is 5. The van der Waals surface area contributed by atoms with Crippen molar-refractivity contribution >= 4 is 21.6 Å². The van der Waals surface area contributed by atoms with Crippen LogP contribution in [0.1, 0.15) is 5.56 Å². The number of rotatable bonds is 8. The maximum Gasteiger partial charge on any atom is 0.239 e. The number of halogens is 1. The summed E-state index contributed by atoms with van der Waals surface area (Å²) in [5.41, 5.74) is 0.596. The molecule has 2 aromatic rings. The SMILES string of the molecule is COc1ccc(NC(=O)CN(Cc2ccccc2F)S(C)(=O)=O)cc1OC. The van der Waals surface area contributed by atoms with Crippen molar-refractivity contribution in [1.82, 2.24) is 4.31 Å². The number of benzene rings is 2. The average Bonchev–Trinajstić information content (AvgIpc) is 2.62. The van der Waals surface area contributed by atoms with Crippen molar-refractivity contribution in [2.45, 2.75) is 6.54 Å². The number of ether oxygens (including phenoxy) is 2. The van der Waals surface area contributed by atoms with E-state index >= 15 is 0 Å². The van der Waals surface area contributed by atoms with Crippen molar-refractivity contribution in [2.75, 3.05) is 32.3 Å². The molecule has 0 saturated carbocycles. The smallest absolute Gasteiger partial charge is 0.239 e. The number of hydrogen-bond donors (Lipinski definition) is 1. The number of carbonyl (C=O) groups excluding carboxylic acids is 1. The number of carbonyl (C=O) groups is 1. The molecule has 0 saturated heterocycles. The molecule has 1 N–H and O–H groups in total. The topological polar surface area (TPSA) is 84.9 Å². The minimum Gasteiger partial charge on any atom is -0.493 e. The molecule has 0 atom stereocenters. The number of sulfonamides is 1. The molecule has 0 heterocycles. The summed E-state index contributed by atoms with van der Waals surface area (Å²) in [4.78, 5) is 12.3. The van der Waals surface area contributed by atoms with Gasteiger partial charge in [-0.25, -0.2) is 12.8 Å². The van der Waals surface area contributed by atoms with Gasteiger partial charge in [0.15, 0.2) is 11.5 Å². The third-order valence-electron chi connectivity index (χ3n) is 3.76. The highest BCUT2D eigenvalue weighted by Crippen LogP contribution is 2.29. The third-order valence-corrected chi connectivity index (χ3v) is 4.96. The van der Waals surface area contributed by atoms with E-state index in [4.69, 9.17) is 9.47 Å². The molecule has 146 valence electrons. The number of nitrogens with zero attached hydrogens (tertiary/aromatic N) is 1. The Morgan fingerprint density at radius 3 is 2.37 bits per heavy atom. The lowest BCUT2D eigenvalue weighted by Crippen LogP contribution is -2.37. The van der Waals surface area contributed by atoms with Crippen LogP contribution < -0.4 is 14.8 Å². The molecule has 9 heteroatoms. The molecule has 0 unspecified atom stereocenters. The molecule has 2 aromatic carbocycles. The van der Waals surface area contributed by atoms with Gasteiger partial charge in [0.2, 0.25) is 15.9 Å². The molecule has 0 aromatic heterocycles. The van der Waals surface area contributed by atoms with Gasteiger partial charge in [0.05, 0.1) is 27.0 Å². The van der Waals surface area contributed by atoms with Crippen molar-refractivity contribution in [3.05, 3.63) is 53.8 Å². The van der Waals surface area contributed by atoms with Gasteiger partial charge in [-0.3, -0.25) is 4.79 Å². The lowest BCUT2D eigenvalue weighted by molar-refractivity contribution is -0.116. The van der Waals surface area contributed by atoms with Crippen LogP contribution in [0.25, 0.3) is 0 Å². The van der Waals surface area contributed by atoms with Gasteiger partial charge in [0.1, 0.15) is 5.82 Å². The summed E-state index contributed by atoms with van der Waals surface area (Å²) >= 11 is 0. The molecule has 0 aliphatic carbocycles. The number of amides is 1. The zero-order chi connectivity index (χ0) is 20.0. The average molecular weight is 396 g/mol. The number of nitrogens with one attached hydrogen (secondary N) is 1. The first kappa shape index (κ1) is 20.7. The van der Waals surface area contributed by atoms with E-state index in [1.54, 1.807) is 24.3 Å². The molecular weight excluding hydrogens is 375 g/mol. The lowest BCUT2D eigenvalue weighted by atomic mass is 10.2. The van der Waals surface area contributed by atoms with Crippen molar-refractivity contribution in [2.24, 2.45) is 0 Å². The van der Waals surface area contributed by atoms with E-state index in [0.717, 1.165) is 10.6 Å². The van der Waals surface area contributed by atoms with E-state index in [-0.39, 0.29) is 12.1 Å². The summed E-state index contributed by atoms with van der Waals surface area (Å²) in [6, 6.07) is 10.6. The fourth-order valence-electron chi connectivity index (χ4n) is 2.38. The molecule has 0 radical (unpaired) electrons. The van der Waals surface area contributed by atoms with Gasteiger partial charge in [-0.05, 0) is 18.2 Å². The predicted molar refractivity (Wildman–Crippen MR) is 99.8 cm³/mol. The first-order valence-electron chi connectivity index (χ1n) is 7.95. The van der Waals surface area contributed by atoms with Gasteiger partial charge >= 0.3 is 0 Å². The summed E-state index contributed by atoms with van der Waals surface area (Å²) in [6.45, 7) is -0.702. The van der Waals surface area contributed by atoms with Gasteiger partial charge < -0.3 is 14.8 Å². The predicted octanol–water partition coefficient (Wildman–Crippen LogP) is 2.24. The van der Waals surface area contributed by atoms with Gasteiger partial charge in [0.25, 0.3) is 0 Å². The van der Waals surface area contributed by atoms with Gasteiger partial charge in [-0.15, -0.1) is 0 Å². The normalized spacial score (nSPS) is 11.3. The van der Waals surface area contributed by atoms with Crippen LogP contribution in [0.3, 0.4) is 0 Å². The lowest BCUT2D eigenvalue weighted by Gasteiger charge is -2.20.